The molecule has 0 aromatic carbocycles. The molecular formula is C11H25N3O2. The molecular weight excluding hydrogens is 206 g/mol. The van der Waals surface area contributed by atoms with Crippen LogP contribution in [0.5, 0.6) is 0 Å². The van der Waals surface area contributed by atoms with Crippen molar-refractivity contribution in [3.05, 3.63) is 0 Å². The predicted octanol–water partition coefficient (Wildman–Crippen LogP) is 1.67. The number of amides is 1. The lowest BCUT2D eigenvalue weighted by Crippen LogP contribution is -2.40. The molecule has 1 aliphatic rings. The van der Waals surface area contributed by atoms with E-state index in [1.807, 2.05) is 20.8 Å². The number of piperidine rings is 1. The summed E-state index contributed by atoms with van der Waals surface area (Å²) in [5, 5.41) is 6.12. The van der Waals surface area contributed by atoms with Crippen LogP contribution in [0.3, 0.4) is 0 Å². The van der Waals surface area contributed by atoms with E-state index in [0.29, 0.717) is 12.5 Å². The van der Waals surface area contributed by atoms with Gasteiger partial charge < -0.3 is 21.5 Å². The lowest BCUT2D eigenvalue weighted by Gasteiger charge is -2.24. The summed E-state index contributed by atoms with van der Waals surface area (Å²) in [5.74, 6) is 0.547. The van der Waals surface area contributed by atoms with Crippen molar-refractivity contribution in [3.63, 3.8) is 0 Å². The zero-order valence-corrected chi connectivity index (χ0v) is 10.6. The van der Waals surface area contributed by atoms with E-state index in [1.54, 1.807) is 0 Å². The second-order valence-electron chi connectivity index (χ2n) is 5.10. The summed E-state index contributed by atoms with van der Waals surface area (Å²) in [6.07, 6.45) is 2.07. The van der Waals surface area contributed by atoms with Gasteiger partial charge in [0.25, 0.3) is 0 Å². The molecule has 5 nitrogen and oxygen atoms in total. The highest BCUT2D eigenvalue weighted by molar-refractivity contribution is 5.67. The third kappa shape index (κ3) is 6.63. The quantitative estimate of drug-likeness (QED) is 0.675. The van der Waals surface area contributed by atoms with Crippen LogP contribution in [0.2, 0.25) is 0 Å². The van der Waals surface area contributed by atoms with Crippen molar-refractivity contribution in [1.82, 2.24) is 16.8 Å². The molecule has 0 aromatic heterocycles. The number of carbonyl (C=O) groups excluding carboxylic acids is 1. The van der Waals surface area contributed by atoms with Crippen LogP contribution in [0.1, 0.15) is 33.6 Å². The van der Waals surface area contributed by atoms with Crippen molar-refractivity contribution in [3.8, 4) is 0 Å². The third-order valence-electron chi connectivity index (χ3n) is 2.33. The minimum absolute atomic E-state index is 0. The molecule has 0 aromatic rings. The van der Waals surface area contributed by atoms with E-state index >= 15 is 0 Å². The van der Waals surface area contributed by atoms with Gasteiger partial charge >= 0.3 is 6.09 Å². The first-order chi connectivity index (χ1) is 6.97. The number of rotatable bonds is 2. The maximum Gasteiger partial charge on any atom is 0.407 e. The summed E-state index contributed by atoms with van der Waals surface area (Å²) in [6.45, 7) is 8.42. The molecule has 1 atom stereocenters. The van der Waals surface area contributed by atoms with Gasteiger partial charge in [-0.05, 0) is 52.6 Å². The van der Waals surface area contributed by atoms with E-state index in [0.717, 1.165) is 13.1 Å². The lowest BCUT2D eigenvalue weighted by atomic mass is 10.00. The fourth-order valence-electron chi connectivity index (χ4n) is 1.64. The molecule has 0 aliphatic carbocycles. The Morgan fingerprint density at radius 2 is 2.19 bits per heavy atom. The van der Waals surface area contributed by atoms with Crippen molar-refractivity contribution in [2.24, 2.45) is 5.92 Å². The fraction of sp³-hybridized carbons (Fsp3) is 0.909. The van der Waals surface area contributed by atoms with E-state index in [9.17, 15) is 4.79 Å². The number of hydrogen-bond acceptors (Lipinski definition) is 4. The van der Waals surface area contributed by atoms with Crippen LogP contribution in [0.15, 0.2) is 0 Å². The average molecular weight is 231 g/mol. The smallest absolute Gasteiger partial charge is 0.407 e. The molecule has 1 rings (SSSR count). The number of carbonyl (C=O) groups is 1. The van der Waals surface area contributed by atoms with E-state index in [-0.39, 0.29) is 12.2 Å². The van der Waals surface area contributed by atoms with Gasteiger partial charge in [-0.25, -0.2) is 4.79 Å². The molecule has 5 heteroatoms. The van der Waals surface area contributed by atoms with Crippen LogP contribution >= 0.6 is 0 Å². The molecule has 1 aliphatic heterocycles. The van der Waals surface area contributed by atoms with E-state index < -0.39 is 5.60 Å². The van der Waals surface area contributed by atoms with Crippen molar-refractivity contribution < 1.29 is 9.53 Å². The van der Waals surface area contributed by atoms with Crippen LogP contribution in [-0.4, -0.2) is 31.3 Å². The van der Waals surface area contributed by atoms with Crippen LogP contribution < -0.4 is 16.8 Å². The Bertz CT molecular complexity index is 208. The summed E-state index contributed by atoms with van der Waals surface area (Å²) >= 11 is 0. The Morgan fingerprint density at radius 1 is 1.50 bits per heavy atom. The fourth-order valence-corrected chi connectivity index (χ4v) is 1.64. The second kappa shape index (κ2) is 6.70. The Kier molecular flexibility index (Phi) is 6.36. The first-order valence-electron chi connectivity index (χ1n) is 5.65. The largest absolute Gasteiger partial charge is 0.444 e. The molecule has 0 bridgehead atoms. The summed E-state index contributed by atoms with van der Waals surface area (Å²) in [6, 6.07) is 0. The van der Waals surface area contributed by atoms with Gasteiger partial charge in [0.1, 0.15) is 5.60 Å². The van der Waals surface area contributed by atoms with Crippen molar-refractivity contribution >= 4 is 6.09 Å². The maximum absolute atomic E-state index is 11.3. The molecule has 1 saturated heterocycles. The van der Waals surface area contributed by atoms with Crippen molar-refractivity contribution in [2.75, 3.05) is 19.6 Å². The second-order valence-corrected chi connectivity index (χ2v) is 5.10. The van der Waals surface area contributed by atoms with Crippen LogP contribution in [0.25, 0.3) is 0 Å². The van der Waals surface area contributed by atoms with E-state index in [4.69, 9.17) is 4.74 Å². The Balaban J connectivity index is 0.00000225. The highest BCUT2D eigenvalue weighted by Gasteiger charge is 2.18. The van der Waals surface area contributed by atoms with Crippen molar-refractivity contribution in [2.45, 2.75) is 39.2 Å². The van der Waals surface area contributed by atoms with Crippen LogP contribution in [-0.2, 0) is 4.74 Å². The zero-order valence-electron chi connectivity index (χ0n) is 10.6. The number of nitrogens with one attached hydrogen (secondary N) is 2. The average Bonchev–Trinajstić information content (AvgIpc) is 2.14. The monoisotopic (exact) mass is 231 g/mol. The molecule has 0 spiro atoms. The highest BCUT2D eigenvalue weighted by atomic mass is 16.6. The van der Waals surface area contributed by atoms with Gasteiger partial charge in [-0.2, -0.15) is 0 Å². The molecule has 16 heavy (non-hydrogen) atoms. The Labute approximate surface area is 97.9 Å². The first kappa shape index (κ1) is 15.2. The van der Waals surface area contributed by atoms with E-state index in [1.165, 1.54) is 12.8 Å². The summed E-state index contributed by atoms with van der Waals surface area (Å²) in [7, 11) is 0. The Morgan fingerprint density at radius 3 is 2.69 bits per heavy atom. The lowest BCUT2D eigenvalue weighted by molar-refractivity contribution is 0.0517. The standard InChI is InChI=1S/C11H22N2O2.H3N/c1-11(2,3)15-10(14)13-8-9-5-4-6-12-7-9;/h9,12H,4-8H2,1-3H3,(H,13,14);1H3. The van der Waals surface area contributed by atoms with Gasteiger partial charge in [0, 0.05) is 6.54 Å². The van der Waals surface area contributed by atoms with Gasteiger partial charge in [-0.15, -0.1) is 0 Å². The molecule has 1 heterocycles. The normalized spacial score (nSPS) is 20.8. The zero-order chi connectivity index (χ0) is 11.3. The first-order valence-corrected chi connectivity index (χ1v) is 5.65. The molecule has 1 amide bonds. The number of ether oxygens (including phenoxy) is 1. The van der Waals surface area contributed by atoms with Gasteiger partial charge in [-0.3, -0.25) is 0 Å². The molecule has 96 valence electrons. The minimum atomic E-state index is -0.408. The molecule has 1 unspecified atom stereocenters. The summed E-state index contributed by atoms with van der Waals surface area (Å²) in [5.41, 5.74) is -0.408. The van der Waals surface area contributed by atoms with E-state index in [2.05, 4.69) is 10.6 Å². The van der Waals surface area contributed by atoms with Gasteiger partial charge in [0.2, 0.25) is 0 Å². The topological polar surface area (TPSA) is 85.4 Å². The van der Waals surface area contributed by atoms with Gasteiger partial charge in [0.15, 0.2) is 0 Å². The predicted molar refractivity (Wildman–Crippen MR) is 64.9 cm³/mol. The van der Waals surface area contributed by atoms with Gasteiger partial charge in [-0.1, -0.05) is 0 Å². The van der Waals surface area contributed by atoms with Crippen LogP contribution in [0.4, 0.5) is 4.79 Å². The highest BCUT2D eigenvalue weighted by Crippen LogP contribution is 2.09. The molecule has 5 N–H and O–H groups in total. The minimum Gasteiger partial charge on any atom is -0.444 e. The SMILES string of the molecule is CC(C)(C)OC(=O)NCC1CCCNC1.N. The molecule has 0 saturated carbocycles. The molecule has 1 fully saturated rings. The summed E-state index contributed by atoms with van der Waals surface area (Å²) in [4.78, 5) is 11.3. The number of alkyl carbamates (subject to hydrolysis) is 1. The summed E-state index contributed by atoms with van der Waals surface area (Å²) < 4.78 is 5.16. The Hall–Kier alpha value is -0.810. The maximum atomic E-state index is 11.3. The molecule has 0 radical (unpaired) electrons. The van der Waals surface area contributed by atoms with Crippen LogP contribution in [0, 0.1) is 5.92 Å². The van der Waals surface area contributed by atoms with Crippen molar-refractivity contribution in [1.29, 1.82) is 0 Å². The van der Waals surface area contributed by atoms with Gasteiger partial charge in [0.05, 0.1) is 0 Å². The number of hydrogen-bond donors (Lipinski definition) is 3. The third-order valence-corrected chi connectivity index (χ3v) is 2.33.